The minimum atomic E-state index is -3.33. The molecule has 4 nitrogen and oxygen atoms in total. The summed E-state index contributed by atoms with van der Waals surface area (Å²) in [6, 6.07) is 1.86. The molecule has 1 aromatic heterocycles. The highest BCUT2D eigenvalue weighted by molar-refractivity contribution is 7.89. The topological polar surface area (TPSA) is 49.4 Å². The fourth-order valence-electron chi connectivity index (χ4n) is 2.16. The van der Waals surface area contributed by atoms with Crippen molar-refractivity contribution in [2.75, 3.05) is 20.1 Å². The zero-order chi connectivity index (χ0) is 12.6. The first-order valence-electron chi connectivity index (χ1n) is 5.68. The molecule has 0 aromatic carbocycles. The van der Waals surface area contributed by atoms with E-state index in [1.165, 1.54) is 15.6 Å². The smallest absolute Gasteiger partial charge is 0.244 e. The van der Waals surface area contributed by atoms with E-state index < -0.39 is 10.0 Å². The average molecular weight is 311 g/mol. The van der Waals surface area contributed by atoms with E-state index in [1.54, 1.807) is 13.1 Å². The molecule has 104 valence electrons. The van der Waals surface area contributed by atoms with Gasteiger partial charge in [-0.1, -0.05) is 0 Å². The fraction of sp³-hybridized carbons (Fsp3) is 0.636. The molecular formula is C11H19ClN2O2S2. The highest BCUT2D eigenvalue weighted by Gasteiger charge is 2.31. The summed E-state index contributed by atoms with van der Waals surface area (Å²) in [5.74, 6) is 0. The molecule has 7 heteroatoms. The van der Waals surface area contributed by atoms with Crippen LogP contribution in [0.3, 0.4) is 0 Å². The number of nitrogens with one attached hydrogen (secondary N) is 1. The van der Waals surface area contributed by atoms with Crippen molar-refractivity contribution in [2.24, 2.45) is 0 Å². The Morgan fingerprint density at radius 1 is 1.44 bits per heavy atom. The zero-order valence-electron chi connectivity index (χ0n) is 10.8. The molecule has 0 amide bonds. The molecule has 0 aliphatic carbocycles. The van der Waals surface area contributed by atoms with Crippen LogP contribution >= 0.6 is 23.7 Å². The molecule has 0 bridgehead atoms. The van der Waals surface area contributed by atoms with Crippen molar-refractivity contribution in [1.82, 2.24) is 9.62 Å². The second-order valence-electron chi connectivity index (χ2n) is 4.45. The number of likely N-dealkylation sites (N-methyl/N-ethyl adjacent to an activating group) is 1. The Bertz CT molecular complexity index is 507. The molecule has 1 unspecified atom stereocenters. The van der Waals surface area contributed by atoms with Crippen LogP contribution in [0.2, 0.25) is 0 Å². The Morgan fingerprint density at radius 2 is 2.11 bits per heavy atom. The lowest BCUT2D eigenvalue weighted by atomic mass is 10.3. The van der Waals surface area contributed by atoms with Gasteiger partial charge in [-0.2, -0.15) is 4.31 Å². The minimum Gasteiger partial charge on any atom is -0.315 e. The van der Waals surface area contributed by atoms with Crippen LogP contribution in [0.1, 0.15) is 16.2 Å². The maximum atomic E-state index is 12.5. The van der Waals surface area contributed by atoms with Gasteiger partial charge < -0.3 is 5.32 Å². The Balaban J connectivity index is 0.00000162. The van der Waals surface area contributed by atoms with Crippen LogP contribution in [0.4, 0.5) is 0 Å². The van der Waals surface area contributed by atoms with Crippen LogP contribution in [0, 0.1) is 13.8 Å². The summed E-state index contributed by atoms with van der Waals surface area (Å²) in [5, 5.41) is 3.19. The lowest BCUT2D eigenvalue weighted by Crippen LogP contribution is -2.38. The third-order valence-electron chi connectivity index (χ3n) is 3.20. The fourth-order valence-corrected chi connectivity index (χ4v) is 5.07. The van der Waals surface area contributed by atoms with Crippen LogP contribution in [-0.2, 0) is 10.0 Å². The van der Waals surface area contributed by atoms with Gasteiger partial charge in [0.05, 0.1) is 4.90 Å². The Hall–Kier alpha value is -0.140. The zero-order valence-corrected chi connectivity index (χ0v) is 13.2. The predicted octanol–water partition coefficient (Wildman–Crippen LogP) is 1.77. The van der Waals surface area contributed by atoms with Crippen molar-refractivity contribution in [3.05, 3.63) is 15.8 Å². The average Bonchev–Trinajstić information content (AvgIpc) is 2.86. The molecule has 2 rings (SSSR count). The molecule has 1 fully saturated rings. The summed E-state index contributed by atoms with van der Waals surface area (Å²) in [7, 11) is -1.65. The Kier molecular flexibility index (Phi) is 5.20. The summed E-state index contributed by atoms with van der Waals surface area (Å²) >= 11 is 1.53. The molecule has 1 aromatic rings. The van der Waals surface area contributed by atoms with Crippen molar-refractivity contribution in [3.63, 3.8) is 0 Å². The first-order valence-corrected chi connectivity index (χ1v) is 7.94. The van der Waals surface area contributed by atoms with E-state index in [1.807, 2.05) is 13.8 Å². The van der Waals surface area contributed by atoms with E-state index in [9.17, 15) is 8.42 Å². The van der Waals surface area contributed by atoms with Crippen molar-refractivity contribution in [3.8, 4) is 0 Å². The monoisotopic (exact) mass is 310 g/mol. The van der Waals surface area contributed by atoms with E-state index in [0.29, 0.717) is 4.90 Å². The molecular weight excluding hydrogens is 292 g/mol. The van der Waals surface area contributed by atoms with E-state index in [0.717, 1.165) is 29.3 Å². The highest BCUT2D eigenvalue weighted by atomic mass is 35.5. The van der Waals surface area contributed by atoms with E-state index in [4.69, 9.17) is 0 Å². The quantitative estimate of drug-likeness (QED) is 0.925. The Labute approximate surface area is 119 Å². The summed E-state index contributed by atoms with van der Waals surface area (Å²) in [5.41, 5.74) is 0. The molecule has 1 saturated heterocycles. The highest BCUT2D eigenvalue weighted by Crippen LogP contribution is 2.28. The summed E-state index contributed by atoms with van der Waals surface area (Å²) < 4.78 is 26.4. The van der Waals surface area contributed by atoms with Crippen molar-refractivity contribution in [1.29, 1.82) is 0 Å². The molecule has 0 radical (unpaired) electrons. The van der Waals surface area contributed by atoms with E-state index in [2.05, 4.69) is 5.32 Å². The largest absolute Gasteiger partial charge is 0.315 e. The van der Waals surface area contributed by atoms with Gasteiger partial charge in [0.15, 0.2) is 0 Å². The van der Waals surface area contributed by atoms with E-state index >= 15 is 0 Å². The molecule has 1 atom stereocenters. The van der Waals surface area contributed by atoms with Crippen LogP contribution in [0.5, 0.6) is 0 Å². The molecule has 2 heterocycles. The minimum absolute atomic E-state index is 0. The van der Waals surface area contributed by atoms with Gasteiger partial charge in [0.2, 0.25) is 10.0 Å². The third-order valence-corrected chi connectivity index (χ3v) is 6.33. The first-order chi connectivity index (χ1) is 7.93. The normalized spacial score (nSPS) is 20.1. The number of rotatable bonds is 3. The van der Waals surface area contributed by atoms with Crippen molar-refractivity contribution < 1.29 is 8.42 Å². The summed E-state index contributed by atoms with van der Waals surface area (Å²) in [4.78, 5) is 2.38. The van der Waals surface area contributed by atoms with Crippen LogP contribution in [0.15, 0.2) is 11.0 Å². The second kappa shape index (κ2) is 5.88. The van der Waals surface area contributed by atoms with Crippen LogP contribution < -0.4 is 5.32 Å². The third kappa shape index (κ3) is 2.88. The standard InChI is InChI=1S/C11H18N2O2S2.ClH/c1-8-6-11(9(2)16-8)17(14,15)13(3)10-4-5-12-7-10;/h6,10,12H,4-5,7H2,1-3H3;1H. The van der Waals surface area contributed by atoms with Gasteiger partial charge >= 0.3 is 0 Å². The lowest BCUT2D eigenvalue weighted by Gasteiger charge is -2.22. The maximum absolute atomic E-state index is 12.5. The van der Waals surface area contributed by atoms with Crippen molar-refractivity contribution >= 4 is 33.8 Å². The van der Waals surface area contributed by atoms with Crippen LogP contribution in [0.25, 0.3) is 0 Å². The van der Waals surface area contributed by atoms with Gasteiger partial charge in [-0.15, -0.1) is 23.7 Å². The predicted molar refractivity (Wildman–Crippen MR) is 77.3 cm³/mol. The lowest BCUT2D eigenvalue weighted by molar-refractivity contribution is 0.387. The Morgan fingerprint density at radius 3 is 2.56 bits per heavy atom. The summed E-state index contributed by atoms with van der Waals surface area (Å²) in [6.45, 7) is 5.45. The number of aryl methyl sites for hydroxylation is 2. The molecule has 1 N–H and O–H groups in total. The first kappa shape index (κ1) is 15.9. The second-order valence-corrected chi connectivity index (χ2v) is 7.87. The van der Waals surface area contributed by atoms with Gasteiger partial charge in [0.25, 0.3) is 0 Å². The number of hydrogen-bond donors (Lipinski definition) is 1. The molecule has 0 spiro atoms. The van der Waals surface area contributed by atoms with Gasteiger partial charge in [-0.3, -0.25) is 0 Å². The number of halogens is 1. The van der Waals surface area contributed by atoms with Crippen LogP contribution in [-0.4, -0.2) is 38.9 Å². The molecule has 1 aliphatic heterocycles. The summed E-state index contributed by atoms with van der Waals surface area (Å²) in [6.07, 6.45) is 0.887. The molecule has 18 heavy (non-hydrogen) atoms. The van der Waals surface area contributed by atoms with E-state index in [-0.39, 0.29) is 18.4 Å². The van der Waals surface area contributed by atoms with Gasteiger partial charge in [0.1, 0.15) is 0 Å². The van der Waals surface area contributed by atoms with Crippen molar-refractivity contribution in [2.45, 2.75) is 31.2 Å². The number of nitrogens with zero attached hydrogens (tertiary/aromatic N) is 1. The SMILES string of the molecule is Cc1cc(S(=O)(=O)N(C)C2CCNC2)c(C)s1.Cl. The number of hydrogen-bond acceptors (Lipinski definition) is 4. The number of sulfonamides is 1. The van der Waals surface area contributed by atoms with Gasteiger partial charge in [0, 0.05) is 29.4 Å². The van der Waals surface area contributed by atoms with Gasteiger partial charge in [-0.05, 0) is 32.9 Å². The van der Waals surface area contributed by atoms with Gasteiger partial charge in [-0.25, -0.2) is 8.42 Å². The maximum Gasteiger partial charge on any atom is 0.244 e. The molecule has 0 saturated carbocycles. The molecule has 1 aliphatic rings. The number of thiophene rings is 1.